The molecule has 3 aromatic carbocycles. The van der Waals surface area contributed by atoms with Gasteiger partial charge in [0.1, 0.15) is 0 Å². The Morgan fingerprint density at radius 2 is 1.44 bits per heavy atom. The third-order valence-corrected chi connectivity index (χ3v) is 12.0. The van der Waals surface area contributed by atoms with Crippen LogP contribution in [0.1, 0.15) is 60.0 Å². The number of aliphatic carboxylic acids is 1. The second-order valence-electron chi connectivity index (χ2n) is 14.8. The van der Waals surface area contributed by atoms with E-state index in [-0.39, 0.29) is 17.2 Å². The lowest BCUT2D eigenvalue weighted by atomic mass is 9.71. The summed E-state index contributed by atoms with van der Waals surface area (Å²) in [4.78, 5) is 44.4. The van der Waals surface area contributed by atoms with E-state index in [1.165, 1.54) is 21.3 Å². The molecule has 13 heteroatoms. The molecule has 296 valence electrons. The number of nitrogens with one attached hydrogen (secondary N) is 1. The molecule has 3 fully saturated rings. The van der Waals surface area contributed by atoms with Crippen molar-refractivity contribution in [3.05, 3.63) is 77.4 Å². The summed E-state index contributed by atoms with van der Waals surface area (Å²) in [6.07, 6.45) is 4.09. The van der Waals surface area contributed by atoms with Crippen LogP contribution in [0.3, 0.4) is 0 Å². The van der Waals surface area contributed by atoms with E-state index in [0.29, 0.717) is 92.8 Å². The Bertz CT molecular complexity index is 1810. The number of carbonyl (C=O) groups excluding carboxylic acids is 2. The fourth-order valence-corrected chi connectivity index (χ4v) is 8.65. The molecular formula is C42H54N4O9. The first kappa shape index (κ1) is 39.7. The summed E-state index contributed by atoms with van der Waals surface area (Å²) in [5.41, 5.74) is 4.50. The van der Waals surface area contributed by atoms with Gasteiger partial charge in [-0.05, 0) is 93.6 Å². The number of piperidine rings is 2. The molecule has 2 amide bonds. The predicted molar refractivity (Wildman–Crippen MR) is 206 cm³/mol. The number of hydrogen-bond donors (Lipinski definition) is 2. The standard InChI is InChI=1S/C42H54N4O9/c1-51-33-14-13-32(26-34(33)52-2)41(16-23-45(28-41)38(47)30-24-35(53-3)37(55-5)36(25-30)54-4)15-20-44-21-17-42(18-22-44,31-11-7-6-8-12-31)40(50)43-46-19-9-10-29(27-46)39(48)49/h6-8,11-14,24-26,29H,9-10,15-23,27-28H2,1-5H3,(H,43,50)(H,48,49). The van der Waals surface area contributed by atoms with Gasteiger partial charge in [-0.3, -0.25) is 19.8 Å². The van der Waals surface area contributed by atoms with Gasteiger partial charge in [-0.15, -0.1) is 0 Å². The topological polar surface area (TPSA) is 139 Å². The molecule has 0 spiro atoms. The molecule has 3 aliphatic rings. The molecule has 55 heavy (non-hydrogen) atoms. The molecule has 0 aliphatic carbocycles. The van der Waals surface area contributed by atoms with Gasteiger partial charge in [0.15, 0.2) is 23.0 Å². The van der Waals surface area contributed by atoms with E-state index in [0.717, 1.165) is 36.9 Å². The van der Waals surface area contributed by atoms with Gasteiger partial charge in [0, 0.05) is 37.2 Å². The third-order valence-electron chi connectivity index (χ3n) is 12.0. The maximum absolute atomic E-state index is 14.2. The number of carboxylic acids is 1. The Morgan fingerprint density at radius 1 is 0.764 bits per heavy atom. The Kier molecular flexibility index (Phi) is 12.4. The zero-order valence-electron chi connectivity index (χ0n) is 32.6. The number of carbonyl (C=O) groups is 3. The Balaban J connectivity index is 1.21. The molecule has 6 rings (SSSR count). The quantitative estimate of drug-likeness (QED) is 0.235. The van der Waals surface area contributed by atoms with Crippen molar-refractivity contribution >= 4 is 17.8 Å². The number of hydrogen-bond acceptors (Lipinski definition) is 10. The molecule has 0 aromatic heterocycles. The highest BCUT2D eigenvalue weighted by Crippen LogP contribution is 2.44. The van der Waals surface area contributed by atoms with Crippen molar-refractivity contribution in [1.29, 1.82) is 0 Å². The molecule has 0 radical (unpaired) electrons. The molecule has 3 aliphatic heterocycles. The van der Waals surface area contributed by atoms with E-state index in [9.17, 15) is 19.5 Å². The minimum absolute atomic E-state index is 0.0806. The predicted octanol–water partition coefficient (Wildman–Crippen LogP) is 4.77. The molecule has 0 saturated carbocycles. The van der Waals surface area contributed by atoms with E-state index in [1.54, 1.807) is 31.4 Å². The molecule has 2 unspecified atom stereocenters. The third kappa shape index (κ3) is 8.18. The average molecular weight is 759 g/mol. The second-order valence-corrected chi connectivity index (χ2v) is 14.8. The number of rotatable bonds is 14. The largest absolute Gasteiger partial charge is 0.493 e. The number of methoxy groups -OCH3 is 5. The normalized spacial score (nSPS) is 21.4. The monoisotopic (exact) mass is 758 g/mol. The number of carboxylic acid groups (broad SMARTS) is 1. The van der Waals surface area contributed by atoms with Crippen LogP contribution < -0.4 is 29.1 Å². The fourth-order valence-electron chi connectivity index (χ4n) is 8.65. The van der Waals surface area contributed by atoms with Gasteiger partial charge in [0.25, 0.3) is 5.91 Å². The zero-order chi connectivity index (χ0) is 39.2. The molecule has 3 aromatic rings. The Labute approximate surface area is 323 Å². The SMILES string of the molecule is COc1ccc(C2(CCN3CCC(C(=O)NN4CCCC(C(=O)O)C4)(c4ccccc4)CC3)CCN(C(=O)c3cc(OC)c(OC)c(OC)c3)C2)cc1OC. The van der Waals surface area contributed by atoms with Gasteiger partial charge in [-0.25, -0.2) is 5.01 Å². The van der Waals surface area contributed by atoms with Gasteiger partial charge in [0.05, 0.1) is 46.9 Å². The summed E-state index contributed by atoms with van der Waals surface area (Å²) in [7, 11) is 7.84. The highest BCUT2D eigenvalue weighted by Gasteiger charge is 2.46. The zero-order valence-corrected chi connectivity index (χ0v) is 32.6. The van der Waals surface area contributed by atoms with E-state index in [4.69, 9.17) is 23.7 Å². The van der Waals surface area contributed by atoms with Gasteiger partial charge in [0.2, 0.25) is 11.7 Å². The van der Waals surface area contributed by atoms with Crippen molar-refractivity contribution in [3.8, 4) is 28.7 Å². The second kappa shape index (κ2) is 17.2. The van der Waals surface area contributed by atoms with Gasteiger partial charge < -0.3 is 38.6 Å². The molecule has 3 heterocycles. The van der Waals surface area contributed by atoms with E-state index < -0.39 is 17.3 Å². The van der Waals surface area contributed by atoms with Crippen molar-refractivity contribution < 1.29 is 43.2 Å². The fraction of sp³-hybridized carbons (Fsp3) is 0.500. The minimum Gasteiger partial charge on any atom is -0.493 e. The molecule has 0 bridgehead atoms. The summed E-state index contributed by atoms with van der Waals surface area (Å²) in [5.74, 6) is 1.01. The van der Waals surface area contributed by atoms with Crippen molar-refractivity contribution in [1.82, 2.24) is 20.2 Å². The lowest BCUT2D eigenvalue weighted by Gasteiger charge is -2.43. The summed E-state index contributed by atoms with van der Waals surface area (Å²) in [6.45, 7) is 4.15. The van der Waals surface area contributed by atoms with Crippen molar-refractivity contribution in [2.75, 3.05) is 81.4 Å². The van der Waals surface area contributed by atoms with Crippen LogP contribution in [0.2, 0.25) is 0 Å². The lowest BCUT2D eigenvalue weighted by Crippen LogP contribution is -2.57. The molecule has 2 N–H and O–H groups in total. The van der Waals surface area contributed by atoms with Gasteiger partial charge in [-0.2, -0.15) is 0 Å². The van der Waals surface area contributed by atoms with E-state index >= 15 is 0 Å². The Hall–Kier alpha value is -5.01. The molecule has 3 saturated heterocycles. The first-order chi connectivity index (χ1) is 26.6. The number of likely N-dealkylation sites (tertiary alicyclic amines) is 2. The smallest absolute Gasteiger partial charge is 0.307 e. The molecular weight excluding hydrogens is 704 g/mol. The summed E-state index contributed by atoms with van der Waals surface area (Å²) >= 11 is 0. The number of benzene rings is 3. The number of hydrazine groups is 1. The van der Waals surface area contributed by atoms with E-state index in [1.807, 2.05) is 47.4 Å². The number of nitrogens with zero attached hydrogens (tertiary/aromatic N) is 3. The van der Waals surface area contributed by atoms with Crippen LogP contribution in [0.15, 0.2) is 60.7 Å². The summed E-state index contributed by atoms with van der Waals surface area (Å²) in [6, 6.07) is 19.4. The van der Waals surface area contributed by atoms with E-state index in [2.05, 4.69) is 16.4 Å². The Morgan fingerprint density at radius 3 is 2.05 bits per heavy atom. The van der Waals surface area contributed by atoms with Crippen LogP contribution in [0.5, 0.6) is 28.7 Å². The molecule has 13 nitrogen and oxygen atoms in total. The van der Waals surface area contributed by atoms with Gasteiger partial charge >= 0.3 is 5.97 Å². The van der Waals surface area contributed by atoms with Crippen LogP contribution in [0.4, 0.5) is 0 Å². The van der Waals surface area contributed by atoms with Crippen molar-refractivity contribution in [2.24, 2.45) is 5.92 Å². The first-order valence-corrected chi connectivity index (χ1v) is 19.0. The molecule has 2 atom stereocenters. The first-order valence-electron chi connectivity index (χ1n) is 19.0. The lowest BCUT2D eigenvalue weighted by molar-refractivity contribution is -0.146. The highest BCUT2D eigenvalue weighted by molar-refractivity contribution is 5.96. The van der Waals surface area contributed by atoms with Crippen LogP contribution in [0.25, 0.3) is 0 Å². The number of ether oxygens (including phenoxy) is 5. The van der Waals surface area contributed by atoms with Crippen LogP contribution in [-0.4, -0.2) is 119 Å². The summed E-state index contributed by atoms with van der Waals surface area (Å²) < 4.78 is 27.9. The van der Waals surface area contributed by atoms with Crippen LogP contribution in [-0.2, 0) is 20.4 Å². The van der Waals surface area contributed by atoms with Crippen molar-refractivity contribution in [3.63, 3.8) is 0 Å². The van der Waals surface area contributed by atoms with Gasteiger partial charge in [-0.1, -0.05) is 36.4 Å². The van der Waals surface area contributed by atoms with Crippen LogP contribution in [0, 0.1) is 5.92 Å². The average Bonchev–Trinajstić information content (AvgIpc) is 3.67. The number of amides is 2. The minimum atomic E-state index is -0.827. The van der Waals surface area contributed by atoms with Crippen LogP contribution >= 0.6 is 0 Å². The highest BCUT2D eigenvalue weighted by atomic mass is 16.5. The maximum atomic E-state index is 14.2. The van der Waals surface area contributed by atoms with Crippen molar-refractivity contribution in [2.45, 2.75) is 49.4 Å². The summed E-state index contributed by atoms with van der Waals surface area (Å²) in [5, 5.41) is 11.4. The maximum Gasteiger partial charge on any atom is 0.307 e.